The highest BCUT2D eigenvalue weighted by Crippen LogP contribution is 2.34. The van der Waals surface area contributed by atoms with Crippen LogP contribution in [0.1, 0.15) is 19.3 Å². The predicted molar refractivity (Wildman–Crippen MR) is 59.7 cm³/mol. The predicted octanol–water partition coefficient (Wildman–Crippen LogP) is 1.56. The molecule has 1 unspecified atom stereocenters. The number of alkyl halides is 3. The van der Waals surface area contributed by atoms with Crippen LogP contribution in [0.15, 0.2) is 0 Å². The van der Waals surface area contributed by atoms with Gasteiger partial charge in [-0.1, -0.05) is 0 Å². The first-order valence-corrected chi connectivity index (χ1v) is 6.62. The van der Waals surface area contributed by atoms with Gasteiger partial charge in [-0.2, -0.15) is 13.2 Å². The summed E-state index contributed by atoms with van der Waals surface area (Å²) in [5.74, 6) is -1.19. The SMILES string of the molecule is O=C(CSCC(F)(F)F)NC(CCO)C1CC1. The fourth-order valence-corrected chi connectivity index (χ4v) is 2.17. The van der Waals surface area contributed by atoms with E-state index in [1.807, 2.05) is 0 Å². The zero-order valence-corrected chi connectivity index (χ0v) is 10.1. The van der Waals surface area contributed by atoms with Gasteiger partial charge in [0.05, 0.1) is 11.5 Å². The molecule has 1 amide bonds. The van der Waals surface area contributed by atoms with Crippen LogP contribution in [0.5, 0.6) is 0 Å². The van der Waals surface area contributed by atoms with Gasteiger partial charge in [0.25, 0.3) is 0 Å². The molecular weight excluding hydrogens is 255 g/mol. The van der Waals surface area contributed by atoms with Crippen molar-refractivity contribution in [3.05, 3.63) is 0 Å². The highest BCUT2D eigenvalue weighted by molar-refractivity contribution is 8.00. The zero-order chi connectivity index (χ0) is 12.9. The molecule has 0 radical (unpaired) electrons. The maximum atomic E-state index is 11.8. The zero-order valence-electron chi connectivity index (χ0n) is 9.29. The van der Waals surface area contributed by atoms with Gasteiger partial charge >= 0.3 is 6.18 Å². The lowest BCUT2D eigenvalue weighted by molar-refractivity contribution is -0.119. The highest BCUT2D eigenvalue weighted by atomic mass is 32.2. The Morgan fingerprint density at radius 2 is 2.12 bits per heavy atom. The number of rotatable bonds is 7. The van der Waals surface area contributed by atoms with Crippen LogP contribution in [0.25, 0.3) is 0 Å². The number of amides is 1. The summed E-state index contributed by atoms with van der Waals surface area (Å²) in [4.78, 5) is 11.4. The molecule has 100 valence electrons. The second-order valence-electron chi connectivity index (χ2n) is 4.13. The lowest BCUT2D eigenvalue weighted by Crippen LogP contribution is -2.38. The molecule has 0 heterocycles. The fourth-order valence-electron chi connectivity index (χ4n) is 1.57. The lowest BCUT2D eigenvalue weighted by Gasteiger charge is -2.17. The smallest absolute Gasteiger partial charge is 0.396 e. The van der Waals surface area contributed by atoms with Gasteiger partial charge in [-0.3, -0.25) is 4.79 Å². The van der Waals surface area contributed by atoms with Crippen LogP contribution in [0.4, 0.5) is 13.2 Å². The quantitative estimate of drug-likeness (QED) is 0.739. The first-order chi connectivity index (χ1) is 7.92. The molecule has 7 heteroatoms. The minimum absolute atomic E-state index is 0.0167. The summed E-state index contributed by atoms with van der Waals surface area (Å²) in [5.41, 5.74) is 0. The minimum atomic E-state index is -4.23. The van der Waals surface area contributed by atoms with Gasteiger partial charge < -0.3 is 10.4 Å². The van der Waals surface area contributed by atoms with Crippen molar-refractivity contribution in [2.45, 2.75) is 31.5 Å². The third-order valence-electron chi connectivity index (χ3n) is 2.48. The van der Waals surface area contributed by atoms with Gasteiger partial charge in [-0.15, -0.1) is 11.8 Å². The van der Waals surface area contributed by atoms with E-state index in [-0.39, 0.29) is 24.3 Å². The summed E-state index contributed by atoms with van der Waals surface area (Å²) < 4.78 is 35.5. The van der Waals surface area contributed by atoms with Crippen LogP contribution in [0.2, 0.25) is 0 Å². The first kappa shape index (κ1) is 14.6. The van der Waals surface area contributed by atoms with Crippen molar-refractivity contribution in [2.24, 2.45) is 5.92 Å². The summed E-state index contributed by atoms with van der Waals surface area (Å²) in [7, 11) is 0. The Morgan fingerprint density at radius 1 is 1.47 bits per heavy atom. The molecule has 1 aliphatic rings. The molecular formula is C10H16F3NO2S. The second kappa shape index (κ2) is 6.49. The van der Waals surface area contributed by atoms with E-state index < -0.39 is 11.9 Å². The van der Waals surface area contributed by atoms with Gasteiger partial charge in [0.15, 0.2) is 0 Å². The van der Waals surface area contributed by atoms with Gasteiger partial charge in [0.1, 0.15) is 0 Å². The molecule has 17 heavy (non-hydrogen) atoms. The van der Waals surface area contributed by atoms with E-state index >= 15 is 0 Å². The maximum Gasteiger partial charge on any atom is 0.397 e. The van der Waals surface area contributed by atoms with E-state index in [9.17, 15) is 18.0 Å². The summed E-state index contributed by atoms with van der Waals surface area (Å²) in [6.45, 7) is -0.0167. The van der Waals surface area contributed by atoms with Crippen molar-refractivity contribution in [2.75, 3.05) is 18.1 Å². The fraction of sp³-hybridized carbons (Fsp3) is 0.900. The third-order valence-corrected chi connectivity index (χ3v) is 3.47. The van der Waals surface area contributed by atoms with Crippen molar-refractivity contribution in [3.63, 3.8) is 0 Å². The molecule has 1 aliphatic carbocycles. The molecule has 0 saturated heterocycles. The van der Waals surface area contributed by atoms with Crippen LogP contribution in [-0.2, 0) is 4.79 Å². The number of aliphatic hydroxyl groups is 1. The average Bonchev–Trinajstić information content (AvgIpc) is 2.98. The lowest BCUT2D eigenvalue weighted by atomic mass is 10.1. The summed E-state index contributed by atoms with van der Waals surface area (Å²) in [6, 6.07) is -0.0843. The molecule has 0 aromatic rings. The normalized spacial score (nSPS) is 17.9. The van der Waals surface area contributed by atoms with Gasteiger partial charge in [-0.05, 0) is 25.2 Å². The monoisotopic (exact) mass is 271 g/mol. The topological polar surface area (TPSA) is 49.3 Å². The van der Waals surface area contributed by atoms with E-state index in [2.05, 4.69) is 5.32 Å². The number of carbonyl (C=O) groups is 1. The standard InChI is InChI=1S/C10H16F3NO2S/c11-10(12,13)6-17-5-9(16)14-8(3-4-15)7-1-2-7/h7-8,15H,1-6H2,(H,14,16). The van der Waals surface area contributed by atoms with Gasteiger partial charge in [0.2, 0.25) is 5.91 Å². The number of halogens is 3. The molecule has 0 aromatic carbocycles. The number of hydrogen-bond acceptors (Lipinski definition) is 3. The Labute approximate surface area is 102 Å². The van der Waals surface area contributed by atoms with E-state index in [0.29, 0.717) is 24.1 Å². The molecule has 1 saturated carbocycles. The number of carbonyl (C=O) groups excluding carboxylic acids is 1. The maximum absolute atomic E-state index is 11.8. The van der Waals surface area contributed by atoms with Crippen molar-refractivity contribution in [3.8, 4) is 0 Å². The molecule has 1 fully saturated rings. The molecule has 0 aliphatic heterocycles. The van der Waals surface area contributed by atoms with Gasteiger partial charge in [0, 0.05) is 12.6 Å². The summed E-state index contributed by atoms with van der Waals surface area (Å²) in [5, 5.41) is 11.5. The molecule has 0 spiro atoms. The molecule has 0 aromatic heterocycles. The Balaban J connectivity index is 2.18. The van der Waals surface area contributed by atoms with E-state index in [0.717, 1.165) is 12.8 Å². The van der Waals surface area contributed by atoms with E-state index in [4.69, 9.17) is 5.11 Å². The Bertz CT molecular complexity index is 256. The number of aliphatic hydroxyl groups excluding tert-OH is 1. The van der Waals surface area contributed by atoms with E-state index in [1.54, 1.807) is 0 Å². The molecule has 1 atom stereocenters. The van der Waals surface area contributed by atoms with Crippen molar-refractivity contribution < 1.29 is 23.1 Å². The van der Waals surface area contributed by atoms with Crippen molar-refractivity contribution in [1.29, 1.82) is 0 Å². The highest BCUT2D eigenvalue weighted by Gasteiger charge is 2.32. The molecule has 2 N–H and O–H groups in total. The Morgan fingerprint density at radius 3 is 2.59 bits per heavy atom. The van der Waals surface area contributed by atoms with E-state index in [1.165, 1.54) is 0 Å². The third kappa shape index (κ3) is 6.78. The largest absolute Gasteiger partial charge is 0.397 e. The second-order valence-corrected chi connectivity index (χ2v) is 5.12. The number of thioether (sulfide) groups is 1. The van der Waals surface area contributed by atoms with Crippen LogP contribution >= 0.6 is 11.8 Å². The van der Waals surface area contributed by atoms with Crippen LogP contribution in [0, 0.1) is 5.92 Å². The summed E-state index contributed by atoms with van der Waals surface area (Å²) >= 11 is 0.561. The van der Waals surface area contributed by atoms with Gasteiger partial charge in [-0.25, -0.2) is 0 Å². The van der Waals surface area contributed by atoms with Crippen LogP contribution in [0.3, 0.4) is 0 Å². The molecule has 1 rings (SSSR count). The Hall–Kier alpha value is -0.430. The average molecular weight is 271 g/mol. The number of nitrogens with one attached hydrogen (secondary N) is 1. The Kier molecular flexibility index (Phi) is 5.58. The van der Waals surface area contributed by atoms with Crippen molar-refractivity contribution >= 4 is 17.7 Å². The minimum Gasteiger partial charge on any atom is -0.396 e. The van der Waals surface area contributed by atoms with Crippen LogP contribution < -0.4 is 5.32 Å². The molecule has 0 bridgehead atoms. The summed E-state index contributed by atoms with van der Waals surface area (Å²) in [6.07, 6.45) is -1.73. The molecule has 3 nitrogen and oxygen atoms in total. The first-order valence-electron chi connectivity index (χ1n) is 5.47. The number of hydrogen-bond donors (Lipinski definition) is 2. The van der Waals surface area contributed by atoms with Crippen LogP contribution in [-0.4, -0.2) is 41.3 Å². The van der Waals surface area contributed by atoms with Crippen molar-refractivity contribution in [1.82, 2.24) is 5.32 Å².